The summed E-state index contributed by atoms with van der Waals surface area (Å²) in [6.45, 7) is 2.71. The van der Waals surface area contributed by atoms with Gasteiger partial charge in [-0.1, -0.05) is 48.5 Å². The Balaban J connectivity index is 0.00000386. The number of benzene rings is 5. The van der Waals surface area contributed by atoms with Crippen LogP contribution in [0.3, 0.4) is 0 Å². The van der Waals surface area contributed by atoms with E-state index in [0.717, 1.165) is 38.6 Å². The number of hydrogen-bond acceptors (Lipinski definition) is 6. The van der Waals surface area contributed by atoms with Crippen molar-refractivity contribution in [2.45, 2.75) is 20.1 Å². The molecule has 5 aromatic carbocycles. The van der Waals surface area contributed by atoms with Gasteiger partial charge in [-0.2, -0.15) is 0 Å². The molecule has 0 atom stereocenters. The molecule has 230 valence electrons. The van der Waals surface area contributed by atoms with E-state index in [0.29, 0.717) is 41.2 Å². The predicted octanol–water partition coefficient (Wildman–Crippen LogP) is 8.24. The van der Waals surface area contributed by atoms with Crippen molar-refractivity contribution in [3.8, 4) is 34.5 Å². The molecule has 2 heterocycles. The Bertz CT molecular complexity index is 2190. The number of ether oxygens (including phenoxy) is 3. The Morgan fingerprint density at radius 2 is 1.57 bits per heavy atom. The zero-order valence-corrected chi connectivity index (χ0v) is 25.3. The number of aromatic carboxylic acids is 1. The molecule has 0 aliphatic rings. The molecule has 2 aromatic heterocycles. The summed E-state index contributed by atoms with van der Waals surface area (Å²) in [5.41, 5.74) is 4.95. The summed E-state index contributed by atoms with van der Waals surface area (Å²) in [4.78, 5) is 15.9. The first-order valence-corrected chi connectivity index (χ1v) is 14.8. The van der Waals surface area contributed by atoms with Gasteiger partial charge in [0.05, 0.1) is 23.6 Å². The van der Waals surface area contributed by atoms with Gasteiger partial charge in [0.1, 0.15) is 29.6 Å². The van der Waals surface area contributed by atoms with Gasteiger partial charge in [-0.25, -0.2) is 9.78 Å². The van der Waals surface area contributed by atoms with Gasteiger partial charge in [-0.15, -0.1) is 0 Å². The van der Waals surface area contributed by atoms with Crippen molar-refractivity contribution >= 4 is 57.3 Å². The van der Waals surface area contributed by atoms with Crippen LogP contribution in [0.2, 0.25) is 0 Å². The van der Waals surface area contributed by atoms with Gasteiger partial charge < -0.3 is 28.3 Å². The van der Waals surface area contributed by atoms with E-state index in [1.54, 1.807) is 19.2 Å². The molecule has 0 unspecified atom stereocenters. The number of aromatic nitrogens is 2. The predicted molar refractivity (Wildman–Crippen MR) is 183 cm³/mol. The quantitative estimate of drug-likeness (QED) is 0.151. The minimum absolute atomic E-state index is 0. The second-order valence-corrected chi connectivity index (χ2v) is 10.8. The molecule has 0 aliphatic heterocycles. The number of rotatable bonds is 10. The fourth-order valence-electron chi connectivity index (χ4n) is 5.64. The van der Waals surface area contributed by atoms with Crippen LogP contribution in [0, 0.1) is 6.92 Å². The molecule has 9 heteroatoms. The van der Waals surface area contributed by atoms with Gasteiger partial charge in [0, 0.05) is 23.0 Å². The summed E-state index contributed by atoms with van der Waals surface area (Å²) >= 11 is 0. The molecule has 7 rings (SSSR count). The van der Waals surface area contributed by atoms with Crippen LogP contribution in [0.15, 0.2) is 120 Å². The number of oxazole rings is 1. The van der Waals surface area contributed by atoms with Crippen LogP contribution >= 0.6 is 0 Å². The van der Waals surface area contributed by atoms with Crippen molar-refractivity contribution in [1.82, 2.24) is 9.55 Å². The number of fused-ring (bicyclic) bond motifs is 3. The number of nitrogens with zero attached hydrogens (tertiary/aromatic N) is 2. The van der Waals surface area contributed by atoms with E-state index >= 15 is 0 Å². The van der Waals surface area contributed by atoms with E-state index in [9.17, 15) is 9.90 Å². The third kappa shape index (κ3) is 6.49. The maximum absolute atomic E-state index is 11.3. The zero-order valence-electron chi connectivity index (χ0n) is 25.3. The first-order chi connectivity index (χ1) is 22.5. The fraction of sp³-hybridized carbons (Fsp3) is 0.105. The average Bonchev–Trinajstić information content (AvgIpc) is 3.62. The van der Waals surface area contributed by atoms with E-state index in [-0.39, 0.29) is 41.7 Å². The molecular formula is C38H31N2NaO6. The van der Waals surface area contributed by atoms with Crippen LogP contribution in [0.5, 0.6) is 23.0 Å². The van der Waals surface area contributed by atoms with Crippen LogP contribution < -0.4 is 14.2 Å². The number of aryl methyl sites for hydroxylation is 1. The first-order valence-electron chi connectivity index (χ1n) is 14.8. The summed E-state index contributed by atoms with van der Waals surface area (Å²) < 4.78 is 26.4. The number of hydrogen-bond donors (Lipinski definition) is 1. The van der Waals surface area contributed by atoms with Crippen LogP contribution in [0.1, 0.15) is 27.4 Å². The zero-order chi connectivity index (χ0) is 31.6. The Morgan fingerprint density at radius 1 is 0.830 bits per heavy atom. The van der Waals surface area contributed by atoms with Crippen molar-refractivity contribution in [3.63, 3.8) is 0 Å². The van der Waals surface area contributed by atoms with E-state index in [1.807, 2.05) is 79.7 Å². The third-order valence-corrected chi connectivity index (χ3v) is 7.93. The summed E-state index contributed by atoms with van der Waals surface area (Å²) in [5, 5.41) is 11.3. The SMILES string of the molecule is COc1cc(Cn2c3ccccc3c3c(Oc4ccc(C(=O)O)cc4)cccc32)ccc1OCc1nc(-c2ccccc2)oc1C.[NaH]. The number of para-hydroxylation sites is 1. The van der Waals surface area contributed by atoms with Crippen molar-refractivity contribution in [2.75, 3.05) is 7.11 Å². The van der Waals surface area contributed by atoms with E-state index < -0.39 is 5.97 Å². The average molecular weight is 635 g/mol. The van der Waals surface area contributed by atoms with Crippen LogP contribution in [0.4, 0.5) is 0 Å². The normalized spacial score (nSPS) is 10.9. The Hall–Kier alpha value is -5.02. The maximum atomic E-state index is 11.3. The summed E-state index contributed by atoms with van der Waals surface area (Å²) in [7, 11) is 1.63. The summed E-state index contributed by atoms with van der Waals surface area (Å²) in [5.74, 6) is 2.78. The van der Waals surface area contributed by atoms with Gasteiger partial charge in [-0.05, 0) is 79.2 Å². The van der Waals surface area contributed by atoms with Gasteiger partial charge in [0.2, 0.25) is 5.89 Å². The summed E-state index contributed by atoms with van der Waals surface area (Å²) in [6.07, 6.45) is 0. The molecular weight excluding hydrogens is 603 g/mol. The second kappa shape index (κ2) is 13.8. The Morgan fingerprint density at radius 3 is 2.34 bits per heavy atom. The molecule has 0 bridgehead atoms. The molecule has 0 radical (unpaired) electrons. The van der Waals surface area contributed by atoms with E-state index in [2.05, 4.69) is 27.8 Å². The number of methoxy groups -OCH3 is 1. The molecule has 0 aliphatic carbocycles. The molecule has 0 fully saturated rings. The van der Waals surface area contributed by atoms with Crippen LogP contribution in [-0.4, -0.2) is 57.3 Å². The Labute approximate surface area is 293 Å². The van der Waals surface area contributed by atoms with Gasteiger partial charge >= 0.3 is 35.5 Å². The van der Waals surface area contributed by atoms with Crippen LogP contribution in [0.25, 0.3) is 33.3 Å². The number of carbonyl (C=O) groups is 1. The molecule has 0 amide bonds. The molecule has 0 spiro atoms. The third-order valence-electron chi connectivity index (χ3n) is 7.93. The van der Waals surface area contributed by atoms with Gasteiger partial charge in [0.25, 0.3) is 0 Å². The monoisotopic (exact) mass is 634 g/mol. The summed E-state index contributed by atoms with van der Waals surface area (Å²) in [6, 6.07) is 36.3. The Kier molecular flexibility index (Phi) is 9.36. The first kappa shape index (κ1) is 31.9. The molecule has 0 saturated heterocycles. The molecule has 0 saturated carbocycles. The molecule has 8 nitrogen and oxygen atoms in total. The minimum atomic E-state index is -0.976. The van der Waals surface area contributed by atoms with E-state index in [4.69, 9.17) is 18.6 Å². The van der Waals surface area contributed by atoms with E-state index in [1.165, 1.54) is 12.1 Å². The van der Waals surface area contributed by atoms with Gasteiger partial charge in [0.15, 0.2) is 11.5 Å². The van der Waals surface area contributed by atoms with Crippen LogP contribution in [-0.2, 0) is 13.2 Å². The number of carboxylic acids is 1. The van der Waals surface area contributed by atoms with Crippen molar-refractivity contribution in [3.05, 3.63) is 138 Å². The molecule has 7 aromatic rings. The van der Waals surface area contributed by atoms with Crippen molar-refractivity contribution in [1.29, 1.82) is 0 Å². The topological polar surface area (TPSA) is 96.0 Å². The standard InChI is InChI=1S/C38H30N2O6.Na.H/c1-24-30(39-37(45-24)26-9-4-3-5-10-26)23-44-33-20-15-25(21-35(33)43-2)22-40-31-12-7-6-11-29(31)36-32(40)13-8-14-34(36)46-28-18-16-27(17-19-28)38(41)42;;/h3-21H,22-23H2,1-2H3,(H,41,42);;. The van der Waals surface area contributed by atoms with Crippen molar-refractivity contribution < 1.29 is 28.5 Å². The second-order valence-electron chi connectivity index (χ2n) is 10.8. The van der Waals surface area contributed by atoms with Gasteiger partial charge in [-0.3, -0.25) is 0 Å². The molecule has 1 N–H and O–H groups in total. The fourth-order valence-corrected chi connectivity index (χ4v) is 5.64. The number of carboxylic acid groups (broad SMARTS) is 1. The van der Waals surface area contributed by atoms with Crippen molar-refractivity contribution in [2.24, 2.45) is 0 Å². The molecule has 47 heavy (non-hydrogen) atoms.